The molecule has 0 radical (unpaired) electrons. The minimum absolute atomic E-state index is 0.0431. The first-order valence-electron chi connectivity index (χ1n) is 9.47. The van der Waals surface area contributed by atoms with E-state index in [1.54, 1.807) is 24.4 Å². The third kappa shape index (κ3) is 5.43. The van der Waals surface area contributed by atoms with Crippen LogP contribution < -0.4 is 10.1 Å². The maximum absolute atomic E-state index is 12.7. The highest BCUT2D eigenvalue weighted by Crippen LogP contribution is 2.37. The zero-order chi connectivity index (χ0) is 21.7. The van der Waals surface area contributed by atoms with Crippen LogP contribution in [0.4, 0.5) is 19.4 Å². The van der Waals surface area contributed by atoms with Crippen LogP contribution in [-0.4, -0.2) is 63.3 Å². The molecule has 2 heterocycles. The first-order chi connectivity index (χ1) is 14.4. The van der Waals surface area contributed by atoms with E-state index in [-0.39, 0.29) is 18.2 Å². The number of carbonyl (C=O) groups excluding carboxylic acids is 1. The Morgan fingerprint density at radius 1 is 1.40 bits per heavy atom. The Morgan fingerprint density at radius 2 is 2.20 bits per heavy atom. The van der Waals surface area contributed by atoms with Crippen LogP contribution >= 0.6 is 0 Å². The fourth-order valence-electron chi connectivity index (χ4n) is 3.67. The lowest BCUT2D eigenvalue weighted by molar-refractivity contribution is -0.115. The van der Waals surface area contributed by atoms with Crippen LogP contribution in [0.1, 0.15) is 36.4 Å². The van der Waals surface area contributed by atoms with Crippen LogP contribution in [0.3, 0.4) is 0 Å². The van der Waals surface area contributed by atoms with Crippen molar-refractivity contribution in [2.24, 2.45) is 0 Å². The molecule has 9 nitrogen and oxygen atoms in total. The summed E-state index contributed by atoms with van der Waals surface area (Å²) in [4.78, 5) is 28.4. The van der Waals surface area contributed by atoms with Crippen LogP contribution in [0.2, 0.25) is 0 Å². The van der Waals surface area contributed by atoms with Gasteiger partial charge in [-0.2, -0.15) is 5.10 Å². The van der Waals surface area contributed by atoms with Crippen LogP contribution in [0.15, 0.2) is 24.4 Å². The summed E-state index contributed by atoms with van der Waals surface area (Å²) in [6, 6.07) is 4.63. The molecule has 2 amide bonds. The SMILES string of the molecule is COc1ccc(CC(=O)Nc2cc(C3CCC(N(CC(F)F)C(=O)O)C3)[nH]n2)cn1. The number of methoxy groups -OCH3 is 1. The Labute approximate surface area is 171 Å². The molecule has 3 N–H and O–H groups in total. The number of nitrogens with zero attached hydrogens (tertiary/aromatic N) is 3. The van der Waals surface area contributed by atoms with Gasteiger partial charge in [0.15, 0.2) is 5.82 Å². The number of hydrogen-bond donors (Lipinski definition) is 3. The fraction of sp³-hybridized carbons (Fsp3) is 0.474. The maximum Gasteiger partial charge on any atom is 0.407 e. The number of alkyl halides is 2. The third-order valence-electron chi connectivity index (χ3n) is 5.10. The zero-order valence-corrected chi connectivity index (χ0v) is 16.3. The number of aromatic nitrogens is 3. The molecule has 0 saturated heterocycles. The molecule has 1 aliphatic carbocycles. The predicted octanol–water partition coefficient (Wildman–Crippen LogP) is 2.88. The van der Waals surface area contributed by atoms with Gasteiger partial charge in [-0.15, -0.1) is 0 Å². The normalized spacial score (nSPS) is 18.4. The van der Waals surface area contributed by atoms with Gasteiger partial charge in [0.2, 0.25) is 11.8 Å². The molecule has 2 aromatic heterocycles. The summed E-state index contributed by atoms with van der Waals surface area (Å²) in [5, 5.41) is 18.8. The summed E-state index contributed by atoms with van der Waals surface area (Å²) in [6.07, 6.45) is -0.820. The number of nitrogens with one attached hydrogen (secondary N) is 2. The van der Waals surface area contributed by atoms with Gasteiger partial charge in [0.25, 0.3) is 6.43 Å². The number of hydrogen-bond acceptors (Lipinski definition) is 5. The van der Waals surface area contributed by atoms with Gasteiger partial charge >= 0.3 is 6.09 Å². The van der Waals surface area contributed by atoms with Gasteiger partial charge < -0.3 is 15.2 Å². The van der Waals surface area contributed by atoms with Crippen molar-refractivity contribution in [1.82, 2.24) is 20.1 Å². The Bertz CT molecular complexity index is 874. The van der Waals surface area contributed by atoms with E-state index >= 15 is 0 Å². The minimum atomic E-state index is -2.71. The van der Waals surface area contributed by atoms with Crippen molar-refractivity contribution in [1.29, 1.82) is 0 Å². The van der Waals surface area contributed by atoms with Gasteiger partial charge in [0.05, 0.1) is 20.1 Å². The average Bonchev–Trinajstić information content (AvgIpc) is 3.36. The molecule has 11 heteroatoms. The van der Waals surface area contributed by atoms with Gasteiger partial charge in [-0.3, -0.25) is 14.8 Å². The van der Waals surface area contributed by atoms with Gasteiger partial charge in [-0.05, 0) is 24.8 Å². The monoisotopic (exact) mass is 423 g/mol. The summed E-state index contributed by atoms with van der Waals surface area (Å²) < 4.78 is 30.3. The second-order valence-corrected chi connectivity index (χ2v) is 7.13. The van der Waals surface area contributed by atoms with Gasteiger partial charge in [-0.25, -0.2) is 18.6 Å². The van der Waals surface area contributed by atoms with Crippen molar-refractivity contribution in [2.75, 3.05) is 19.0 Å². The Kier molecular flexibility index (Phi) is 6.80. The van der Waals surface area contributed by atoms with E-state index in [2.05, 4.69) is 20.5 Å². The fourth-order valence-corrected chi connectivity index (χ4v) is 3.67. The zero-order valence-electron chi connectivity index (χ0n) is 16.3. The van der Waals surface area contributed by atoms with Crippen LogP contribution in [0, 0.1) is 0 Å². The summed E-state index contributed by atoms with van der Waals surface area (Å²) in [5.74, 6) is 0.500. The van der Waals surface area contributed by atoms with Crippen molar-refractivity contribution < 1.29 is 28.2 Å². The molecule has 162 valence electrons. The number of aromatic amines is 1. The van der Waals surface area contributed by atoms with Crippen LogP contribution in [-0.2, 0) is 11.2 Å². The number of carboxylic acid groups (broad SMARTS) is 1. The summed E-state index contributed by atoms with van der Waals surface area (Å²) in [7, 11) is 1.51. The molecule has 1 fully saturated rings. The number of carbonyl (C=O) groups is 2. The Balaban J connectivity index is 1.55. The number of amides is 2. The lowest BCUT2D eigenvalue weighted by Crippen LogP contribution is -2.41. The van der Waals surface area contributed by atoms with Gasteiger partial charge in [0, 0.05) is 36.0 Å². The number of H-pyrrole nitrogens is 1. The van der Waals surface area contributed by atoms with E-state index < -0.39 is 25.1 Å². The lowest BCUT2D eigenvalue weighted by atomic mass is 10.0. The van der Waals surface area contributed by atoms with E-state index in [1.165, 1.54) is 7.11 Å². The number of rotatable bonds is 8. The number of anilines is 1. The minimum Gasteiger partial charge on any atom is -0.481 e. The first-order valence-corrected chi connectivity index (χ1v) is 9.47. The highest BCUT2D eigenvalue weighted by molar-refractivity contribution is 5.91. The van der Waals surface area contributed by atoms with Crippen molar-refractivity contribution in [3.05, 3.63) is 35.7 Å². The first kappa shape index (κ1) is 21.5. The molecule has 2 unspecified atom stereocenters. The second-order valence-electron chi connectivity index (χ2n) is 7.13. The molecule has 3 rings (SSSR count). The number of pyridine rings is 1. The molecule has 0 aliphatic heterocycles. The predicted molar refractivity (Wildman–Crippen MR) is 103 cm³/mol. The quantitative estimate of drug-likeness (QED) is 0.600. The standard InChI is InChI=1S/C19H23F2N5O4/c1-30-18-5-2-11(9-22-18)6-17(27)23-16-8-14(24-25-16)12-3-4-13(7-12)26(19(28)29)10-15(20)21/h2,5,8-9,12-13,15H,3-4,6-7,10H2,1H3,(H,28,29)(H2,23,24,25,27). The van der Waals surface area contributed by atoms with Crippen molar-refractivity contribution in [3.8, 4) is 5.88 Å². The van der Waals surface area contributed by atoms with Crippen molar-refractivity contribution in [2.45, 2.75) is 44.1 Å². The molecule has 2 atom stereocenters. The van der Waals surface area contributed by atoms with Gasteiger partial charge in [-0.1, -0.05) is 6.07 Å². The summed E-state index contributed by atoms with van der Waals surface area (Å²) in [5.41, 5.74) is 1.46. The molecule has 0 aromatic carbocycles. The Hall–Kier alpha value is -3.24. The molecule has 0 spiro atoms. The van der Waals surface area contributed by atoms with E-state index in [1.807, 2.05) is 0 Å². The molecular formula is C19H23F2N5O4. The Morgan fingerprint density at radius 3 is 2.83 bits per heavy atom. The van der Waals surface area contributed by atoms with E-state index in [0.29, 0.717) is 31.0 Å². The van der Waals surface area contributed by atoms with E-state index in [4.69, 9.17) is 4.74 Å². The lowest BCUT2D eigenvalue weighted by Gasteiger charge is -2.25. The largest absolute Gasteiger partial charge is 0.481 e. The maximum atomic E-state index is 12.7. The highest BCUT2D eigenvalue weighted by Gasteiger charge is 2.34. The van der Waals surface area contributed by atoms with Crippen LogP contribution in [0.25, 0.3) is 0 Å². The van der Waals surface area contributed by atoms with E-state index in [0.717, 1.165) is 16.2 Å². The summed E-state index contributed by atoms with van der Waals surface area (Å²) >= 11 is 0. The molecule has 1 saturated carbocycles. The topological polar surface area (TPSA) is 120 Å². The second kappa shape index (κ2) is 9.51. The molecular weight excluding hydrogens is 400 g/mol. The molecule has 30 heavy (non-hydrogen) atoms. The van der Waals surface area contributed by atoms with Crippen molar-refractivity contribution >= 4 is 17.8 Å². The summed E-state index contributed by atoms with van der Waals surface area (Å²) in [6.45, 7) is -0.794. The highest BCUT2D eigenvalue weighted by atomic mass is 19.3. The third-order valence-corrected chi connectivity index (χ3v) is 5.10. The molecule has 2 aromatic rings. The van der Waals surface area contributed by atoms with Crippen molar-refractivity contribution in [3.63, 3.8) is 0 Å². The van der Waals surface area contributed by atoms with Crippen LogP contribution in [0.5, 0.6) is 5.88 Å². The number of halogens is 2. The average molecular weight is 423 g/mol. The molecule has 0 bridgehead atoms. The van der Waals surface area contributed by atoms with Gasteiger partial charge in [0.1, 0.15) is 0 Å². The molecule has 1 aliphatic rings. The smallest absolute Gasteiger partial charge is 0.407 e. The van der Waals surface area contributed by atoms with E-state index in [9.17, 15) is 23.5 Å². The number of ether oxygens (including phenoxy) is 1.